The Kier molecular flexibility index (Phi) is 5.49. The Bertz CT molecular complexity index is 175. The van der Waals surface area contributed by atoms with Crippen LogP contribution in [-0.2, 0) is 0 Å². The van der Waals surface area contributed by atoms with Crippen molar-refractivity contribution in [2.75, 3.05) is 6.61 Å². The lowest BCUT2D eigenvalue weighted by molar-refractivity contribution is 0.300. The number of hydrogen-bond donors (Lipinski definition) is 1. The average Bonchev–Trinajstić information content (AvgIpc) is 2.01. The zero-order chi connectivity index (χ0) is 8.69. The minimum absolute atomic E-state index is 0.179. The summed E-state index contributed by atoms with van der Waals surface area (Å²) >= 11 is 0. The minimum Gasteiger partial charge on any atom is -0.396 e. The van der Waals surface area contributed by atoms with Crippen LogP contribution in [-0.4, -0.2) is 11.7 Å². The van der Waals surface area contributed by atoms with Gasteiger partial charge in [0.2, 0.25) is 0 Å². The molecule has 0 amide bonds. The molecule has 1 N–H and O–H groups in total. The lowest BCUT2D eigenvalue weighted by Gasteiger charge is -1.94. The van der Waals surface area contributed by atoms with Crippen LogP contribution in [0.2, 0.25) is 0 Å². The summed E-state index contributed by atoms with van der Waals surface area (Å²) in [6, 6.07) is 0. The Balaban J connectivity index is 3.83. The summed E-state index contributed by atoms with van der Waals surface area (Å²) in [7, 11) is 0. The highest BCUT2D eigenvalue weighted by molar-refractivity contribution is 5.24. The molecule has 0 atom stereocenters. The minimum atomic E-state index is 0.179. The molecule has 1 heteroatoms. The van der Waals surface area contributed by atoms with Crippen molar-refractivity contribution < 1.29 is 5.11 Å². The maximum atomic E-state index is 8.55. The molecule has 0 fully saturated rings. The van der Waals surface area contributed by atoms with E-state index < -0.39 is 0 Å². The third-order valence-electron chi connectivity index (χ3n) is 1.47. The Morgan fingerprint density at radius 1 is 1.45 bits per heavy atom. The van der Waals surface area contributed by atoms with E-state index in [1.807, 2.05) is 32.1 Å². The zero-order valence-electron chi connectivity index (χ0n) is 7.30. The van der Waals surface area contributed by atoms with E-state index in [1.165, 1.54) is 5.57 Å². The predicted molar refractivity (Wildman–Crippen MR) is 49.4 cm³/mol. The second-order valence-corrected chi connectivity index (χ2v) is 2.50. The van der Waals surface area contributed by atoms with E-state index in [-0.39, 0.29) is 6.61 Å². The lowest BCUT2D eigenvalue weighted by Crippen LogP contribution is -1.82. The van der Waals surface area contributed by atoms with E-state index in [4.69, 9.17) is 5.11 Å². The molecule has 0 aliphatic carbocycles. The number of allylic oxidation sites excluding steroid dienone is 4. The second-order valence-electron chi connectivity index (χ2n) is 2.50. The van der Waals surface area contributed by atoms with Crippen LogP contribution in [0.5, 0.6) is 0 Å². The molecule has 0 spiro atoms. The maximum absolute atomic E-state index is 8.55. The van der Waals surface area contributed by atoms with Crippen LogP contribution in [0.1, 0.15) is 20.3 Å². The van der Waals surface area contributed by atoms with Gasteiger partial charge in [0.15, 0.2) is 0 Å². The van der Waals surface area contributed by atoms with Crippen molar-refractivity contribution in [3.8, 4) is 0 Å². The molecule has 1 nitrogen and oxygen atoms in total. The van der Waals surface area contributed by atoms with Gasteiger partial charge in [0.25, 0.3) is 0 Å². The van der Waals surface area contributed by atoms with Gasteiger partial charge in [-0.2, -0.15) is 0 Å². The molecule has 0 aliphatic rings. The van der Waals surface area contributed by atoms with Gasteiger partial charge in [-0.05, 0) is 20.3 Å². The monoisotopic (exact) mass is 152 g/mol. The van der Waals surface area contributed by atoms with Gasteiger partial charge in [0, 0.05) is 6.61 Å². The maximum Gasteiger partial charge on any atom is 0.0471 e. The molecule has 0 bridgehead atoms. The van der Waals surface area contributed by atoms with Crippen molar-refractivity contribution in [3.05, 3.63) is 36.0 Å². The number of rotatable bonds is 4. The highest BCUT2D eigenvalue weighted by Crippen LogP contribution is 2.02. The van der Waals surface area contributed by atoms with Gasteiger partial charge >= 0.3 is 0 Å². The van der Waals surface area contributed by atoms with E-state index in [0.717, 1.165) is 5.57 Å². The van der Waals surface area contributed by atoms with Crippen molar-refractivity contribution in [2.24, 2.45) is 0 Å². The predicted octanol–water partition coefficient (Wildman–Crippen LogP) is 2.45. The van der Waals surface area contributed by atoms with Gasteiger partial charge in [0.1, 0.15) is 0 Å². The standard InChI is InChI=1S/C10H16O/c1-4-9(2)5-6-10(3)7-8-11/h4-6,11H,3,7-8H2,1-2H3/b6-5-,9-4-. The highest BCUT2D eigenvalue weighted by Gasteiger charge is 1.85. The summed E-state index contributed by atoms with van der Waals surface area (Å²) in [5, 5.41) is 8.55. The van der Waals surface area contributed by atoms with Crippen LogP contribution in [0.25, 0.3) is 0 Å². The smallest absolute Gasteiger partial charge is 0.0471 e. The SMILES string of the molecule is C=C(/C=C\C(C)=C/C)CCO. The van der Waals surface area contributed by atoms with Crippen LogP contribution >= 0.6 is 0 Å². The second kappa shape index (κ2) is 5.93. The molecule has 0 radical (unpaired) electrons. The Hall–Kier alpha value is -0.820. The van der Waals surface area contributed by atoms with Crippen molar-refractivity contribution in [3.63, 3.8) is 0 Å². The molecule has 0 aromatic heterocycles. The molecule has 11 heavy (non-hydrogen) atoms. The number of hydrogen-bond acceptors (Lipinski definition) is 1. The molecule has 0 rings (SSSR count). The van der Waals surface area contributed by atoms with E-state index in [9.17, 15) is 0 Å². The summed E-state index contributed by atoms with van der Waals surface area (Å²) in [6.07, 6.45) is 6.62. The first-order chi connectivity index (χ1) is 5.20. The summed E-state index contributed by atoms with van der Waals surface area (Å²) in [4.78, 5) is 0. The number of aliphatic hydroxyl groups is 1. The van der Waals surface area contributed by atoms with Gasteiger partial charge < -0.3 is 5.11 Å². The molecule has 0 saturated heterocycles. The first-order valence-corrected chi connectivity index (χ1v) is 3.80. The van der Waals surface area contributed by atoms with E-state index >= 15 is 0 Å². The van der Waals surface area contributed by atoms with Crippen LogP contribution < -0.4 is 0 Å². The van der Waals surface area contributed by atoms with Crippen molar-refractivity contribution >= 4 is 0 Å². The number of aliphatic hydroxyl groups excluding tert-OH is 1. The van der Waals surface area contributed by atoms with Crippen LogP contribution in [0.15, 0.2) is 36.0 Å². The molecule has 0 aliphatic heterocycles. The fourth-order valence-electron chi connectivity index (χ4n) is 0.572. The summed E-state index contributed by atoms with van der Waals surface area (Å²) < 4.78 is 0. The Labute approximate surface area is 68.7 Å². The average molecular weight is 152 g/mol. The molecule has 0 aromatic rings. The molecular weight excluding hydrogens is 136 g/mol. The summed E-state index contributed by atoms with van der Waals surface area (Å²) in [5.74, 6) is 0. The highest BCUT2D eigenvalue weighted by atomic mass is 16.2. The van der Waals surface area contributed by atoms with Gasteiger partial charge in [-0.1, -0.05) is 36.0 Å². The van der Waals surface area contributed by atoms with Gasteiger partial charge in [0.05, 0.1) is 0 Å². The fraction of sp³-hybridized carbons (Fsp3) is 0.400. The molecule has 62 valence electrons. The first kappa shape index (κ1) is 10.2. The Morgan fingerprint density at radius 3 is 2.55 bits per heavy atom. The summed E-state index contributed by atoms with van der Waals surface area (Å²) in [6.45, 7) is 7.98. The van der Waals surface area contributed by atoms with Crippen molar-refractivity contribution in [1.82, 2.24) is 0 Å². The zero-order valence-corrected chi connectivity index (χ0v) is 7.30. The van der Waals surface area contributed by atoms with E-state index in [2.05, 4.69) is 6.58 Å². The third kappa shape index (κ3) is 5.62. The summed E-state index contributed by atoms with van der Waals surface area (Å²) in [5.41, 5.74) is 2.18. The molecule has 0 unspecified atom stereocenters. The largest absolute Gasteiger partial charge is 0.396 e. The van der Waals surface area contributed by atoms with Crippen molar-refractivity contribution in [2.45, 2.75) is 20.3 Å². The van der Waals surface area contributed by atoms with Gasteiger partial charge in [-0.25, -0.2) is 0 Å². The van der Waals surface area contributed by atoms with Crippen LogP contribution in [0.3, 0.4) is 0 Å². The molecule has 0 aromatic carbocycles. The quantitative estimate of drug-likeness (QED) is 0.613. The molecule has 0 heterocycles. The topological polar surface area (TPSA) is 20.2 Å². The molecular formula is C10H16O. The lowest BCUT2D eigenvalue weighted by atomic mass is 10.2. The Morgan fingerprint density at radius 2 is 2.09 bits per heavy atom. The third-order valence-corrected chi connectivity index (χ3v) is 1.47. The van der Waals surface area contributed by atoms with E-state index in [1.54, 1.807) is 0 Å². The van der Waals surface area contributed by atoms with Gasteiger partial charge in [-0.15, -0.1) is 0 Å². The fourth-order valence-corrected chi connectivity index (χ4v) is 0.572. The van der Waals surface area contributed by atoms with E-state index in [0.29, 0.717) is 6.42 Å². The normalized spacial score (nSPS) is 12.5. The van der Waals surface area contributed by atoms with Crippen molar-refractivity contribution in [1.29, 1.82) is 0 Å². The molecule has 0 saturated carbocycles. The van der Waals surface area contributed by atoms with Crippen LogP contribution in [0, 0.1) is 0 Å². The van der Waals surface area contributed by atoms with Crippen LogP contribution in [0.4, 0.5) is 0 Å². The first-order valence-electron chi connectivity index (χ1n) is 3.80. The van der Waals surface area contributed by atoms with Gasteiger partial charge in [-0.3, -0.25) is 0 Å².